The van der Waals surface area contributed by atoms with Gasteiger partial charge in [0.15, 0.2) is 0 Å². The molecule has 1 saturated carbocycles. The van der Waals surface area contributed by atoms with Crippen LogP contribution < -0.4 is 0 Å². The van der Waals surface area contributed by atoms with Crippen molar-refractivity contribution in [1.29, 1.82) is 0 Å². The quantitative estimate of drug-likeness (QED) is 0.237. The fourth-order valence-electron chi connectivity index (χ4n) is 4.79. The maximum Gasteiger partial charge on any atom is 0.417 e. The first-order valence-electron chi connectivity index (χ1n) is 12.5. The topological polar surface area (TPSA) is 63.1 Å². The Kier molecular flexibility index (Phi) is 7.48. The summed E-state index contributed by atoms with van der Waals surface area (Å²) in [6.07, 6.45) is 3.78. The minimum absolute atomic E-state index is 0.163. The average molecular weight is 547 g/mol. The van der Waals surface area contributed by atoms with Crippen LogP contribution in [0.4, 0.5) is 13.2 Å². The second-order valence-electron chi connectivity index (χ2n) is 9.54. The zero-order valence-corrected chi connectivity index (χ0v) is 21.9. The Morgan fingerprint density at radius 3 is 2.21 bits per heavy atom. The lowest BCUT2D eigenvalue weighted by atomic mass is 9.73. The molecule has 2 aromatic carbocycles. The molecule has 8 heteroatoms. The van der Waals surface area contributed by atoms with Crippen LogP contribution >= 0.6 is 11.3 Å². The van der Waals surface area contributed by atoms with E-state index >= 15 is 0 Å². The van der Waals surface area contributed by atoms with E-state index in [0.29, 0.717) is 11.3 Å². The van der Waals surface area contributed by atoms with Gasteiger partial charge in [0.2, 0.25) is 0 Å². The summed E-state index contributed by atoms with van der Waals surface area (Å²) in [5.41, 5.74) is 7.50. The zero-order valence-electron chi connectivity index (χ0n) is 21.1. The lowest BCUT2D eigenvalue weighted by Gasteiger charge is -2.32. The van der Waals surface area contributed by atoms with Crippen molar-refractivity contribution in [3.05, 3.63) is 112 Å². The molecule has 0 amide bonds. The van der Waals surface area contributed by atoms with Gasteiger partial charge in [0.25, 0.3) is 0 Å². The molecule has 0 atom stereocenters. The Bertz CT molecular complexity index is 1530. The number of nitrogens with zero attached hydrogens (tertiary/aromatic N) is 2. The molecule has 2 heterocycles. The molecular weight excluding hydrogens is 521 g/mol. The fraction of sp³-hybridized carbons (Fsp3) is 0.194. The van der Waals surface area contributed by atoms with Gasteiger partial charge in [-0.2, -0.15) is 13.2 Å². The van der Waals surface area contributed by atoms with E-state index in [9.17, 15) is 18.0 Å². The molecule has 0 unspecified atom stereocenters. The minimum Gasteiger partial charge on any atom is -0.478 e. The molecule has 4 aromatic rings. The molecule has 1 aliphatic rings. The van der Waals surface area contributed by atoms with E-state index in [4.69, 9.17) is 5.11 Å². The highest BCUT2D eigenvalue weighted by molar-refractivity contribution is 7.13. The summed E-state index contributed by atoms with van der Waals surface area (Å²) in [6, 6.07) is 16.8. The van der Waals surface area contributed by atoms with Crippen molar-refractivity contribution in [2.24, 2.45) is 5.92 Å². The monoisotopic (exact) mass is 546 g/mol. The molecule has 0 bridgehead atoms. The molecule has 4 nitrogen and oxygen atoms in total. The van der Waals surface area contributed by atoms with Crippen molar-refractivity contribution >= 4 is 34.5 Å². The van der Waals surface area contributed by atoms with Gasteiger partial charge < -0.3 is 5.11 Å². The van der Waals surface area contributed by atoms with Crippen LogP contribution in [-0.2, 0) is 11.0 Å². The van der Waals surface area contributed by atoms with Gasteiger partial charge >= 0.3 is 12.1 Å². The smallest absolute Gasteiger partial charge is 0.417 e. The van der Waals surface area contributed by atoms with Crippen molar-refractivity contribution in [3.8, 4) is 10.4 Å². The predicted molar refractivity (Wildman–Crippen MR) is 148 cm³/mol. The van der Waals surface area contributed by atoms with E-state index in [-0.39, 0.29) is 5.92 Å². The third-order valence-corrected chi connectivity index (χ3v) is 7.77. The van der Waals surface area contributed by atoms with E-state index in [1.54, 1.807) is 23.8 Å². The Labute approximate surface area is 228 Å². The van der Waals surface area contributed by atoms with Gasteiger partial charge in [0, 0.05) is 18.5 Å². The Morgan fingerprint density at radius 1 is 1.03 bits per heavy atom. The molecule has 0 aliphatic heterocycles. The maximum atomic E-state index is 13.4. The number of alkyl halides is 3. The second-order valence-corrected chi connectivity index (χ2v) is 10.4. The van der Waals surface area contributed by atoms with Crippen molar-refractivity contribution in [2.45, 2.75) is 32.4 Å². The van der Waals surface area contributed by atoms with Crippen LogP contribution in [0, 0.1) is 12.8 Å². The highest BCUT2D eigenvalue weighted by Crippen LogP contribution is 2.46. The number of carbonyl (C=O) groups is 1. The van der Waals surface area contributed by atoms with Crippen LogP contribution in [0.15, 0.2) is 78.6 Å². The zero-order chi connectivity index (χ0) is 27.6. The summed E-state index contributed by atoms with van der Waals surface area (Å²) in [6.45, 7) is 1.68. The molecule has 2 aromatic heterocycles. The fourth-order valence-corrected chi connectivity index (χ4v) is 5.42. The first-order valence-corrected chi connectivity index (χ1v) is 13.4. The summed E-state index contributed by atoms with van der Waals surface area (Å²) in [4.78, 5) is 20.5. The molecular formula is C31H25F3N2O2S. The predicted octanol–water partition coefficient (Wildman–Crippen LogP) is 8.39. The number of pyridine rings is 1. The van der Waals surface area contributed by atoms with Crippen LogP contribution in [0.2, 0.25) is 0 Å². The van der Waals surface area contributed by atoms with Crippen LogP contribution in [0.3, 0.4) is 0 Å². The first kappa shape index (κ1) is 26.6. The van der Waals surface area contributed by atoms with Gasteiger partial charge in [-0.3, -0.25) is 9.97 Å². The third-order valence-electron chi connectivity index (χ3n) is 6.95. The lowest BCUT2D eigenvalue weighted by Crippen LogP contribution is -2.17. The van der Waals surface area contributed by atoms with Crippen molar-refractivity contribution in [3.63, 3.8) is 0 Å². The molecule has 0 spiro atoms. The van der Waals surface area contributed by atoms with Crippen LogP contribution in [0.5, 0.6) is 0 Å². The van der Waals surface area contributed by atoms with E-state index in [2.05, 4.69) is 9.97 Å². The highest BCUT2D eigenvalue weighted by atomic mass is 32.1. The first-order chi connectivity index (χ1) is 18.7. The molecule has 0 saturated heterocycles. The molecule has 1 N–H and O–H groups in total. The van der Waals surface area contributed by atoms with Crippen molar-refractivity contribution < 1.29 is 23.1 Å². The summed E-state index contributed by atoms with van der Waals surface area (Å²) in [5.74, 6) is -0.868. The number of aliphatic carboxylic acids is 1. The summed E-state index contributed by atoms with van der Waals surface area (Å²) >= 11 is 1.55. The number of carboxylic acid groups (broad SMARTS) is 1. The third kappa shape index (κ3) is 5.86. The summed E-state index contributed by atoms with van der Waals surface area (Å²) in [5, 5.41) is 8.97. The molecule has 198 valence electrons. The van der Waals surface area contributed by atoms with Gasteiger partial charge in [-0.25, -0.2) is 4.79 Å². The van der Waals surface area contributed by atoms with Crippen molar-refractivity contribution in [1.82, 2.24) is 9.97 Å². The number of allylic oxidation sites excluding steroid dienone is 1. The lowest BCUT2D eigenvalue weighted by molar-refractivity contribution is -0.138. The molecule has 39 heavy (non-hydrogen) atoms. The van der Waals surface area contributed by atoms with E-state index in [1.807, 2.05) is 54.7 Å². The standard InChI is InChI=1S/C31H25F3N2O2S/c1-19-15-25(31(32,33)34)16-36-30(19)29(22-3-2-4-22)28(23-8-5-20(6-9-23)7-14-27(37)38)24-12-10-21(11-13-24)26-17-35-18-39-26/h5-18,22H,2-4H2,1H3,(H,37,38)/b14-7+,29-28+. The van der Waals surface area contributed by atoms with Gasteiger partial charge in [0.05, 0.1) is 21.6 Å². The number of hydrogen-bond donors (Lipinski definition) is 1. The number of aromatic nitrogens is 2. The Balaban J connectivity index is 1.70. The second kappa shape index (κ2) is 11.0. The number of thiazole rings is 1. The van der Waals surface area contributed by atoms with E-state index < -0.39 is 17.7 Å². The Morgan fingerprint density at radius 2 is 1.69 bits per heavy atom. The number of halogens is 3. The van der Waals surface area contributed by atoms with E-state index in [0.717, 1.165) is 69.8 Å². The van der Waals surface area contributed by atoms with Gasteiger partial charge in [-0.05, 0) is 76.8 Å². The van der Waals surface area contributed by atoms with Crippen LogP contribution in [0.25, 0.3) is 27.7 Å². The number of aryl methyl sites for hydroxylation is 1. The molecule has 0 radical (unpaired) electrons. The SMILES string of the molecule is Cc1cc(C(F)(F)F)cnc1/C(=C(\c1ccc(/C=C/C(=O)O)cc1)c1ccc(-c2cncs2)cc1)C1CCC1. The summed E-state index contributed by atoms with van der Waals surface area (Å²) < 4.78 is 40.3. The molecule has 5 rings (SSSR count). The molecule has 1 aliphatic carbocycles. The average Bonchev–Trinajstić information content (AvgIpc) is 3.42. The van der Waals surface area contributed by atoms with E-state index in [1.165, 1.54) is 12.1 Å². The number of rotatable bonds is 7. The van der Waals surface area contributed by atoms with Gasteiger partial charge in [-0.1, -0.05) is 55.0 Å². The highest BCUT2D eigenvalue weighted by Gasteiger charge is 2.33. The minimum atomic E-state index is -4.47. The van der Waals surface area contributed by atoms with Gasteiger partial charge in [0.1, 0.15) is 0 Å². The number of hydrogen-bond acceptors (Lipinski definition) is 4. The molecule has 1 fully saturated rings. The maximum absolute atomic E-state index is 13.4. The Hall–Kier alpha value is -4.04. The van der Waals surface area contributed by atoms with Crippen molar-refractivity contribution in [2.75, 3.05) is 0 Å². The number of carboxylic acids is 1. The van der Waals surface area contributed by atoms with Crippen LogP contribution in [0.1, 0.15) is 52.8 Å². The van der Waals surface area contributed by atoms with Gasteiger partial charge in [-0.15, -0.1) is 11.3 Å². The number of benzene rings is 2. The van der Waals surface area contributed by atoms with Crippen LogP contribution in [-0.4, -0.2) is 21.0 Å². The summed E-state index contributed by atoms with van der Waals surface area (Å²) in [7, 11) is 0. The largest absolute Gasteiger partial charge is 0.478 e. The normalized spacial score (nSPS) is 14.8.